The summed E-state index contributed by atoms with van der Waals surface area (Å²) in [4.78, 5) is 10.5. The predicted molar refractivity (Wildman–Crippen MR) is 55.8 cm³/mol. The minimum absolute atomic E-state index is 0.385. The van der Waals surface area contributed by atoms with Gasteiger partial charge in [-0.25, -0.2) is 9.18 Å². The molecule has 0 radical (unpaired) electrons. The molecular weight excluding hydrogens is 199 g/mol. The summed E-state index contributed by atoms with van der Waals surface area (Å²) in [5.41, 5.74) is -1.72. The van der Waals surface area contributed by atoms with Gasteiger partial charge in [0.2, 0.25) is 0 Å². The molecule has 4 nitrogen and oxygen atoms in total. The number of rotatable bonds is 4. The molecule has 0 spiro atoms. The summed E-state index contributed by atoms with van der Waals surface area (Å²) >= 11 is 0. The first-order valence-electron chi connectivity index (χ1n) is 5.24. The standard InChI is InChI=1S/C10H19FN2O2/c1-9(2,13-8(14)15)3-4-10(11)5-6-12-7-10/h12-13H,3-7H2,1-2H3,(H,14,15). The minimum Gasteiger partial charge on any atom is -0.465 e. The molecule has 1 unspecified atom stereocenters. The summed E-state index contributed by atoms with van der Waals surface area (Å²) in [7, 11) is 0. The quantitative estimate of drug-likeness (QED) is 0.670. The molecule has 1 fully saturated rings. The molecule has 1 amide bonds. The van der Waals surface area contributed by atoms with Gasteiger partial charge in [0.1, 0.15) is 5.67 Å². The van der Waals surface area contributed by atoms with Crippen molar-refractivity contribution < 1.29 is 14.3 Å². The van der Waals surface area contributed by atoms with Crippen LogP contribution in [0.15, 0.2) is 0 Å². The number of hydrogen-bond acceptors (Lipinski definition) is 2. The van der Waals surface area contributed by atoms with Crippen LogP contribution in [0.25, 0.3) is 0 Å². The van der Waals surface area contributed by atoms with Gasteiger partial charge in [0, 0.05) is 12.1 Å². The van der Waals surface area contributed by atoms with Gasteiger partial charge in [-0.2, -0.15) is 0 Å². The molecule has 1 heterocycles. The summed E-state index contributed by atoms with van der Waals surface area (Å²) in [6.45, 7) is 4.64. The Hall–Kier alpha value is -0.840. The van der Waals surface area contributed by atoms with E-state index < -0.39 is 17.3 Å². The lowest BCUT2D eigenvalue weighted by atomic mass is 9.90. The zero-order chi connectivity index (χ0) is 11.5. The average Bonchev–Trinajstić information content (AvgIpc) is 2.48. The number of hydrogen-bond donors (Lipinski definition) is 3. The normalized spacial score (nSPS) is 26.6. The van der Waals surface area contributed by atoms with Crippen LogP contribution < -0.4 is 10.6 Å². The molecule has 0 bridgehead atoms. The second kappa shape index (κ2) is 4.35. The molecule has 0 saturated carbocycles. The van der Waals surface area contributed by atoms with Crippen LogP contribution in [0.5, 0.6) is 0 Å². The Balaban J connectivity index is 2.37. The Kier molecular flexibility index (Phi) is 3.54. The van der Waals surface area contributed by atoms with Gasteiger partial charge in [-0.1, -0.05) is 0 Å². The molecule has 1 rings (SSSR count). The van der Waals surface area contributed by atoms with E-state index in [1.807, 2.05) is 0 Å². The number of amides is 1. The average molecular weight is 218 g/mol. The van der Waals surface area contributed by atoms with Gasteiger partial charge >= 0.3 is 6.09 Å². The van der Waals surface area contributed by atoms with E-state index in [-0.39, 0.29) is 0 Å². The van der Waals surface area contributed by atoms with Crippen molar-refractivity contribution in [1.29, 1.82) is 0 Å². The summed E-state index contributed by atoms with van der Waals surface area (Å²) in [6.07, 6.45) is 0.374. The van der Waals surface area contributed by atoms with Crippen LogP contribution in [-0.4, -0.2) is 35.5 Å². The maximum atomic E-state index is 13.9. The van der Waals surface area contributed by atoms with Gasteiger partial charge < -0.3 is 15.7 Å². The first kappa shape index (κ1) is 12.2. The third kappa shape index (κ3) is 4.03. The minimum atomic E-state index is -1.16. The van der Waals surface area contributed by atoms with Crippen LogP contribution in [-0.2, 0) is 0 Å². The molecular formula is C10H19FN2O2. The molecule has 1 aliphatic heterocycles. The van der Waals surface area contributed by atoms with Crippen LogP contribution >= 0.6 is 0 Å². The van der Waals surface area contributed by atoms with Crippen molar-refractivity contribution in [3.8, 4) is 0 Å². The second-order valence-electron chi connectivity index (χ2n) is 4.89. The van der Waals surface area contributed by atoms with Crippen LogP contribution in [0, 0.1) is 0 Å². The molecule has 1 atom stereocenters. The third-order valence-electron chi connectivity index (χ3n) is 2.84. The summed E-state index contributed by atoms with van der Waals surface area (Å²) < 4.78 is 13.9. The van der Waals surface area contributed by atoms with Crippen molar-refractivity contribution in [2.75, 3.05) is 13.1 Å². The van der Waals surface area contributed by atoms with Crippen molar-refractivity contribution in [1.82, 2.24) is 10.6 Å². The maximum absolute atomic E-state index is 13.9. The third-order valence-corrected chi connectivity index (χ3v) is 2.84. The van der Waals surface area contributed by atoms with E-state index in [1.54, 1.807) is 13.8 Å². The van der Waals surface area contributed by atoms with E-state index in [1.165, 1.54) is 0 Å². The van der Waals surface area contributed by atoms with E-state index in [0.29, 0.717) is 32.4 Å². The second-order valence-corrected chi connectivity index (χ2v) is 4.89. The lowest BCUT2D eigenvalue weighted by molar-refractivity contribution is 0.146. The molecule has 88 valence electrons. The molecule has 1 aliphatic rings. The zero-order valence-electron chi connectivity index (χ0n) is 9.27. The molecule has 0 aromatic heterocycles. The van der Waals surface area contributed by atoms with E-state index >= 15 is 0 Å². The first-order valence-corrected chi connectivity index (χ1v) is 5.24. The molecule has 0 aromatic carbocycles. The Labute approximate surface area is 89.2 Å². The summed E-state index contributed by atoms with van der Waals surface area (Å²) in [5, 5.41) is 14.0. The first-order chi connectivity index (χ1) is 6.83. The smallest absolute Gasteiger partial charge is 0.405 e. The fourth-order valence-corrected chi connectivity index (χ4v) is 1.82. The topological polar surface area (TPSA) is 61.4 Å². The Morgan fingerprint density at radius 2 is 2.33 bits per heavy atom. The molecule has 15 heavy (non-hydrogen) atoms. The van der Waals surface area contributed by atoms with E-state index in [4.69, 9.17) is 5.11 Å². The van der Waals surface area contributed by atoms with Crippen LogP contribution in [0.2, 0.25) is 0 Å². The molecule has 5 heteroatoms. The highest BCUT2D eigenvalue weighted by Gasteiger charge is 2.35. The SMILES string of the molecule is CC(C)(CCC1(F)CCNC1)NC(=O)O. The van der Waals surface area contributed by atoms with Crippen molar-refractivity contribution in [3.63, 3.8) is 0 Å². The van der Waals surface area contributed by atoms with Crippen molar-refractivity contribution in [3.05, 3.63) is 0 Å². The van der Waals surface area contributed by atoms with Crippen molar-refractivity contribution in [2.24, 2.45) is 0 Å². The highest BCUT2D eigenvalue weighted by Crippen LogP contribution is 2.28. The lowest BCUT2D eigenvalue weighted by Gasteiger charge is -2.28. The van der Waals surface area contributed by atoms with Gasteiger partial charge in [-0.3, -0.25) is 0 Å². The van der Waals surface area contributed by atoms with Crippen molar-refractivity contribution in [2.45, 2.75) is 44.3 Å². The molecule has 3 N–H and O–H groups in total. The van der Waals surface area contributed by atoms with E-state index in [9.17, 15) is 9.18 Å². The number of nitrogens with one attached hydrogen (secondary N) is 2. The lowest BCUT2D eigenvalue weighted by Crippen LogP contribution is -2.44. The highest BCUT2D eigenvalue weighted by atomic mass is 19.1. The van der Waals surface area contributed by atoms with Crippen molar-refractivity contribution >= 4 is 6.09 Å². The molecule has 0 aromatic rings. The number of halogens is 1. The van der Waals surface area contributed by atoms with E-state index in [2.05, 4.69) is 10.6 Å². The van der Waals surface area contributed by atoms with Crippen LogP contribution in [0.1, 0.15) is 33.1 Å². The fourth-order valence-electron chi connectivity index (χ4n) is 1.82. The Morgan fingerprint density at radius 3 is 2.80 bits per heavy atom. The number of alkyl halides is 1. The summed E-state index contributed by atoms with van der Waals surface area (Å²) in [5.74, 6) is 0. The molecule has 1 saturated heterocycles. The number of carbonyl (C=O) groups is 1. The largest absolute Gasteiger partial charge is 0.465 e. The Bertz CT molecular complexity index is 238. The zero-order valence-corrected chi connectivity index (χ0v) is 9.27. The van der Waals surface area contributed by atoms with Crippen LogP contribution in [0.4, 0.5) is 9.18 Å². The van der Waals surface area contributed by atoms with Gasteiger partial charge in [-0.05, 0) is 39.7 Å². The monoisotopic (exact) mass is 218 g/mol. The highest BCUT2D eigenvalue weighted by molar-refractivity contribution is 5.65. The van der Waals surface area contributed by atoms with E-state index in [0.717, 1.165) is 0 Å². The fraction of sp³-hybridized carbons (Fsp3) is 0.900. The maximum Gasteiger partial charge on any atom is 0.405 e. The van der Waals surface area contributed by atoms with Crippen LogP contribution in [0.3, 0.4) is 0 Å². The molecule has 0 aliphatic carbocycles. The van der Waals surface area contributed by atoms with Gasteiger partial charge in [0.05, 0.1) is 0 Å². The summed E-state index contributed by atoms with van der Waals surface area (Å²) in [6, 6.07) is 0. The van der Waals surface area contributed by atoms with Gasteiger partial charge in [0.25, 0.3) is 0 Å². The Morgan fingerprint density at radius 1 is 1.67 bits per heavy atom. The predicted octanol–water partition coefficient (Wildman–Crippen LogP) is 1.51. The number of carboxylic acid groups (broad SMARTS) is 1. The van der Waals surface area contributed by atoms with Gasteiger partial charge in [0.15, 0.2) is 0 Å². The van der Waals surface area contributed by atoms with Gasteiger partial charge in [-0.15, -0.1) is 0 Å².